The topological polar surface area (TPSA) is 139 Å². The monoisotopic (exact) mass is 287 g/mol. The third-order valence-corrected chi connectivity index (χ3v) is 3.56. The zero-order valence-corrected chi connectivity index (χ0v) is 10.9. The highest BCUT2D eigenvalue weighted by Crippen LogP contribution is 2.14. The van der Waals surface area contributed by atoms with Gasteiger partial charge >= 0.3 is 0 Å². The van der Waals surface area contributed by atoms with Crippen LogP contribution in [-0.2, 0) is 10.1 Å². The summed E-state index contributed by atoms with van der Waals surface area (Å²) in [4.78, 5) is 1.40. The number of aliphatic hydroxyl groups is 4. The standard InChI is InChI=1S/C9H21NO7S/c11-4-3-10(2-1-5-18(15,16)17)9(6-12,7-13)8-14/h11-14H,1-8H2,(H,15,16,17). The van der Waals surface area contributed by atoms with Crippen LogP contribution < -0.4 is 0 Å². The van der Waals surface area contributed by atoms with E-state index in [-0.39, 0.29) is 26.1 Å². The highest BCUT2D eigenvalue weighted by molar-refractivity contribution is 7.85. The first-order chi connectivity index (χ1) is 8.35. The lowest BCUT2D eigenvalue weighted by atomic mass is 10.0. The predicted molar refractivity (Wildman–Crippen MR) is 63.7 cm³/mol. The Kier molecular flexibility index (Phi) is 7.87. The number of rotatable bonds is 10. The Bertz CT molecular complexity index is 307. The molecule has 110 valence electrons. The molecule has 9 heteroatoms. The van der Waals surface area contributed by atoms with Crippen molar-refractivity contribution in [3.8, 4) is 0 Å². The van der Waals surface area contributed by atoms with Crippen LogP contribution in [-0.4, -0.2) is 89.1 Å². The smallest absolute Gasteiger partial charge is 0.264 e. The molecule has 0 spiro atoms. The normalized spacial score (nSPS) is 13.2. The van der Waals surface area contributed by atoms with E-state index in [4.69, 9.17) is 9.66 Å². The van der Waals surface area contributed by atoms with Gasteiger partial charge in [-0.2, -0.15) is 8.42 Å². The molecule has 0 amide bonds. The second kappa shape index (κ2) is 8.00. The Balaban J connectivity index is 4.63. The SMILES string of the molecule is O=S(=O)(O)CCCN(CCO)C(CO)(CO)CO. The van der Waals surface area contributed by atoms with Gasteiger partial charge < -0.3 is 20.4 Å². The largest absolute Gasteiger partial charge is 0.395 e. The maximum atomic E-state index is 10.6. The first-order valence-corrected chi connectivity index (χ1v) is 7.10. The number of hydrogen-bond acceptors (Lipinski definition) is 7. The van der Waals surface area contributed by atoms with Crippen LogP contribution in [0.2, 0.25) is 0 Å². The van der Waals surface area contributed by atoms with E-state index in [1.54, 1.807) is 0 Å². The number of hydrogen-bond donors (Lipinski definition) is 5. The fraction of sp³-hybridized carbons (Fsp3) is 1.00. The van der Waals surface area contributed by atoms with E-state index in [1.165, 1.54) is 4.90 Å². The fourth-order valence-corrected chi connectivity index (χ4v) is 2.09. The van der Waals surface area contributed by atoms with Gasteiger partial charge in [0.15, 0.2) is 0 Å². The van der Waals surface area contributed by atoms with E-state index in [0.717, 1.165) is 0 Å². The van der Waals surface area contributed by atoms with Crippen LogP contribution in [0.1, 0.15) is 6.42 Å². The summed E-state index contributed by atoms with van der Waals surface area (Å²) in [6.07, 6.45) is 0.0561. The maximum absolute atomic E-state index is 10.6. The van der Waals surface area contributed by atoms with E-state index >= 15 is 0 Å². The van der Waals surface area contributed by atoms with Gasteiger partial charge in [0.1, 0.15) is 0 Å². The van der Waals surface area contributed by atoms with E-state index in [9.17, 15) is 23.7 Å². The van der Waals surface area contributed by atoms with E-state index in [2.05, 4.69) is 0 Å². The molecule has 0 saturated heterocycles. The summed E-state index contributed by atoms with van der Waals surface area (Å²) in [5.41, 5.74) is -1.32. The molecule has 0 aliphatic heterocycles. The van der Waals surface area contributed by atoms with Crippen molar-refractivity contribution >= 4 is 10.1 Å². The summed E-state index contributed by atoms with van der Waals surface area (Å²) in [6, 6.07) is 0. The second-order valence-corrected chi connectivity index (χ2v) is 5.62. The quantitative estimate of drug-likeness (QED) is 0.273. The summed E-state index contributed by atoms with van der Waals surface area (Å²) >= 11 is 0. The molecular weight excluding hydrogens is 266 g/mol. The van der Waals surface area contributed by atoms with Crippen LogP contribution in [0.4, 0.5) is 0 Å². The van der Waals surface area contributed by atoms with Gasteiger partial charge in [-0.1, -0.05) is 0 Å². The molecule has 0 unspecified atom stereocenters. The van der Waals surface area contributed by atoms with E-state index in [0.29, 0.717) is 0 Å². The van der Waals surface area contributed by atoms with Crippen molar-refractivity contribution in [2.24, 2.45) is 0 Å². The molecule has 0 radical (unpaired) electrons. The predicted octanol–water partition coefficient (Wildman–Crippen LogP) is -2.73. The van der Waals surface area contributed by atoms with Crippen molar-refractivity contribution in [2.45, 2.75) is 12.0 Å². The minimum atomic E-state index is -4.08. The van der Waals surface area contributed by atoms with Crippen LogP contribution in [0.25, 0.3) is 0 Å². The zero-order valence-electron chi connectivity index (χ0n) is 10.1. The summed E-state index contributed by atoms with van der Waals surface area (Å²) in [7, 11) is -4.08. The Morgan fingerprint density at radius 3 is 1.78 bits per heavy atom. The molecule has 0 aromatic rings. The third kappa shape index (κ3) is 5.57. The van der Waals surface area contributed by atoms with Crippen molar-refractivity contribution in [2.75, 3.05) is 45.3 Å². The maximum Gasteiger partial charge on any atom is 0.264 e. The van der Waals surface area contributed by atoms with Gasteiger partial charge in [-0.25, -0.2) is 0 Å². The molecule has 0 heterocycles. The molecule has 0 aliphatic rings. The van der Waals surface area contributed by atoms with Gasteiger partial charge in [-0.3, -0.25) is 9.45 Å². The summed E-state index contributed by atoms with van der Waals surface area (Å²) in [5.74, 6) is -0.465. The van der Waals surface area contributed by atoms with Crippen molar-refractivity contribution in [1.29, 1.82) is 0 Å². The molecule has 8 nitrogen and oxygen atoms in total. The lowest BCUT2D eigenvalue weighted by molar-refractivity contribution is -0.0527. The van der Waals surface area contributed by atoms with Gasteiger partial charge in [0.05, 0.1) is 37.7 Å². The van der Waals surface area contributed by atoms with Gasteiger partial charge in [0, 0.05) is 13.1 Å². The van der Waals surface area contributed by atoms with E-state index in [1.807, 2.05) is 0 Å². The van der Waals surface area contributed by atoms with Crippen LogP contribution in [0.5, 0.6) is 0 Å². The van der Waals surface area contributed by atoms with Crippen LogP contribution >= 0.6 is 0 Å². The fourth-order valence-electron chi connectivity index (χ4n) is 1.59. The first-order valence-electron chi connectivity index (χ1n) is 5.49. The molecule has 18 heavy (non-hydrogen) atoms. The van der Waals surface area contributed by atoms with E-state index < -0.39 is 41.2 Å². The lowest BCUT2D eigenvalue weighted by Gasteiger charge is -2.39. The van der Waals surface area contributed by atoms with Crippen molar-refractivity contribution in [3.63, 3.8) is 0 Å². The molecule has 0 rings (SSSR count). The van der Waals surface area contributed by atoms with Gasteiger partial charge in [0.2, 0.25) is 0 Å². The van der Waals surface area contributed by atoms with Gasteiger partial charge in [-0.15, -0.1) is 0 Å². The van der Waals surface area contributed by atoms with Crippen molar-refractivity contribution < 1.29 is 33.4 Å². The molecule has 0 aromatic heterocycles. The summed E-state index contributed by atoms with van der Waals surface area (Å²) < 4.78 is 29.7. The summed E-state index contributed by atoms with van der Waals surface area (Å²) in [6.45, 7) is -1.72. The minimum Gasteiger partial charge on any atom is -0.395 e. The molecule has 0 atom stereocenters. The number of aliphatic hydroxyl groups excluding tert-OH is 4. The average molecular weight is 287 g/mol. The first kappa shape index (κ1) is 17.7. The highest BCUT2D eigenvalue weighted by atomic mass is 32.2. The number of nitrogens with zero attached hydrogens (tertiary/aromatic N) is 1. The Morgan fingerprint density at radius 2 is 1.44 bits per heavy atom. The Hall–Kier alpha value is -0.290. The Labute approximate surface area is 106 Å². The lowest BCUT2D eigenvalue weighted by Crippen LogP contribution is -2.58. The molecule has 0 aliphatic carbocycles. The van der Waals surface area contributed by atoms with Crippen LogP contribution in [0, 0.1) is 0 Å². The minimum absolute atomic E-state index is 0.0561. The number of β-amino-alcohol motifs (C(OH)–C–C–N with tert-alkyl or cyclic N) is 1. The molecule has 0 saturated carbocycles. The molecule has 0 bridgehead atoms. The van der Waals surface area contributed by atoms with Gasteiger partial charge in [-0.05, 0) is 6.42 Å². The van der Waals surface area contributed by atoms with Crippen LogP contribution in [0.3, 0.4) is 0 Å². The van der Waals surface area contributed by atoms with Crippen molar-refractivity contribution in [3.05, 3.63) is 0 Å². The zero-order chi connectivity index (χ0) is 14.2. The highest BCUT2D eigenvalue weighted by Gasteiger charge is 2.34. The van der Waals surface area contributed by atoms with Gasteiger partial charge in [0.25, 0.3) is 10.1 Å². The van der Waals surface area contributed by atoms with Crippen LogP contribution in [0.15, 0.2) is 0 Å². The molecule has 0 fully saturated rings. The average Bonchev–Trinajstić information content (AvgIpc) is 2.30. The summed E-state index contributed by atoms with van der Waals surface area (Å²) in [5, 5.41) is 36.6. The molecule has 5 N–H and O–H groups in total. The second-order valence-electron chi connectivity index (χ2n) is 4.05. The third-order valence-electron chi connectivity index (χ3n) is 2.75. The van der Waals surface area contributed by atoms with Crippen molar-refractivity contribution in [1.82, 2.24) is 4.90 Å². The Morgan fingerprint density at radius 1 is 0.944 bits per heavy atom. The molecule has 0 aromatic carbocycles. The molecular formula is C9H21NO7S.